The minimum absolute atomic E-state index is 0.408. The molecule has 92 valence electrons. The van der Waals surface area contributed by atoms with Crippen LogP contribution in [0, 0.1) is 10.8 Å². The maximum atomic E-state index is 6.19. The van der Waals surface area contributed by atoms with Crippen molar-refractivity contribution in [2.45, 2.75) is 73.1 Å². The second-order valence-electron chi connectivity index (χ2n) is 6.15. The lowest BCUT2D eigenvalue weighted by atomic mass is 9.74. The van der Waals surface area contributed by atoms with Gasteiger partial charge in [-0.25, -0.2) is 0 Å². The summed E-state index contributed by atoms with van der Waals surface area (Å²) in [5.41, 5.74) is 0.851. The number of halogens is 1. The Kier molecular flexibility index (Phi) is 6.91. The molecule has 0 rings (SSSR count). The Labute approximate surface area is 102 Å². The molecule has 0 aromatic carbocycles. The van der Waals surface area contributed by atoms with Crippen molar-refractivity contribution in [3.8, 4) is 0 Å². The van der Waals surface area contributed by atoms with Crippen LogP contribution in [-0.2, 0) is 0 Å². The first-order valence-electron chi connectivity index (χ1n) is 6.45. The van der Waals surface area contributed by atoms with Gasteiger partial charge in [0, 0.05) is 5.88 Å². The van der Waals surface area contributed by atoms with Gasteiger partial charge in [0.1, 0.15) is 0 Å². The third-order valence-electron chi connectivity index (χ3n) is 3.50. The van der Waals surface area contributed by atoms with E-state index in [1.54, 1.807) is 0 Å². The van der Waals surface area contributed by atoms with E-state index in [1.165, 1.54) is 38.5 Å². The lowest BCUT2D eigenvalue weighted by molar-refractivity contribution is 0.210. The Balaban J connectivity index is 4.23. The van der Waals surface area contributed by atoms with Crippen molar-refractivity contribution in [1.82, 2.24) is 0 Å². The lowest BCUT2D eigenvalue weighted by Crippen LogP contribution is -2.24. The molecular formula is C14H29Cl. The van der Waals surface area contributed by atoms with Gasteiger partial charge in [-0.3, -0.25) is 0 Å². The molecule has 0 aliphatic rings. The van der Waals surface area contributed by atoms with Crippen LogP contribution in [0.25, 0.3) is 0 Å². The van der Waals surface area contributed by atoms with Gasteiger partial charge >= 0.3 is 0 Å². The number of alkyl halides is 1. The fraction of sp³-hybridized carbons (Fsp3) is 1.00. The summed E-state index contributed by atoms with van der Waals surface area (Å²) >= 11 is 6.19. The maximum Gasteiger partial charge on any atom is 0.0279 e. The second kappa shape index (κ2) is 6.78. The van der Waals surface area contributed by atoms with Gasteiger partial charge < -0.3 is 0 Å². The van der Waals surface area contributed by atoms with E-state index in [2.05, 4.69) is 34.6 Å². The van der Waals surface area contributed by atoms with Crippen molar-refractivity contribution in [3.05, 3.63) is 0 Å². The molecular weight excluding hydrogens is 204 g/mol. The van der Waals surface area contributed by atoms with Crippen LogP contribution in [0.1, 0.15) is 73.1 Å². The van der Waals surface area contributed by atoms with Gasteiger partial charge in [0.05, 0.1) is 0 Å². The van der Waals surface area contributed by atoms with Crippen LogP contribution in [0.2, 0.25) is 0 Å². The topological polar surface area (TPSA) is 0 Å². The van der Waals surface area contributed by atoms with E-state index in [4.69, 9.17) is 11.6 Å². The first-order chi connectivity index (χ1) is 6.89. The Morgan fingerprint density at radius 1 is 0.933 bits per heavy atom. The molecule has 1 heteroatoms. The minimum Gasteiger partial charge on any atom is -0.126 e. The lowest BCUT2D eigenvalue weighted by Gasteiger charge is -2.33. The molecule has 0 heterocycles. The number of hydrogen-bond donors (Lipinski definition) is 0. The monoisotopic (exact) mass is 232 g/mol. The Morgan fingerprint density at radius 3 is 1.87 bits per heavy atom. The summed E-state index contributed by atoms with van der Waals surface area (Å²) in [5.74, 6) is 0.833. The van der Waals surface area contributed by atoms with Crippen LogP contribution in [0.3, 0.4) is 0 Å². The van der Waals surface area contributed by atoms with Gasteiger partial charge in [0.25, 0.3) is 0 Å². The third-order valence-corrected chi connectivity index (χ3v) is 4.07. The van der Waals surface area contributed by atoms with Gasteiger partial charge in [0.15, 0.2) is 0 Å². The standard InChI is InChI=1S/C14H29Cl/c1-6-8-9-14(7-2,12-15)11-10-13(3,4)5/h6-12H2,1-5H3. The van der Waals surface area contributed by atoms with Crippen LogP contribution in [0.5, 0.6) is 0 Å². The summed E-state index contributed by atoms with van der Waals surface area (Å²) in [7, 11) is 0. The highest BCUT2D eigenvalue weighted by molar-refractivity contribution is 6.18. The van der Waals surface area contributed by atoms with E-state index in [0.717, 1.165) is 5.88 Å². The molecule has 0 amide bonds. The molecule has 1 unspecified atom stereocenters. The Morgan fingerprint density at radius 2 is 1.53 bits per heavy atom. The highest BCUT2D eigenvalue weighted by Gasteiger charge is 2.28. The summed E-state index contributed by atoms with van der Waals surface area (Å²) in [6, 6.07) is 0. The molecule has 0 saturated heterocycles. The molecule has 0 bridgehead atoms. The molecule has 15 heavy (non-hydrogen) atoms. The number of unbranched alkanes of at least 4 members (excludes halogenated alkanes) is 1. The average Bonchev–Trinajstić information content (AvgIpc) is 2.18. The van der Waals surface area contributed by atoms with Crippen molar-refractivity contribution >= 4 is 11.6 Å². The van der Waals surface area contributed by atoms with E-state index < -0.39 is 0 Å². The Hall–Kier alpha value is 0.290. The first-order valence-corrected chi connectivity index (χ1v) is 6.98. The molecule has 0 nitrogen and oxygen atoms in total. The molecule has 0 aliphatic carbocycles. The van der Waals surface area contributed by atoms with Gasteiger partial charge in [-0.05, 0) is 36.5 Å². The molecule has 1 atom stereocenters. The van der Waals surface area contributed by atoms with E-state index in [0.29, 0.717) is 10.8 Å². The average molecular weight is 233 g/mol. The summed E-state index contributed by atoms with van der Waals surface area (Å²) in [6.45, 7) is 11.5. The highest BCUT2D eigenvalue weighted by atomic mass is 35.5. The number of hydrogen-bond acceptors (Lipinski definition) is 0. The van der Waals surface area contributed by atoms with Crippen molar-refractivity contribution in [2.75, 3.05) is 5.88 Å². The summed E-state index contributed by atoms with van der Waals surface area (Å²) in [6.07, 6.45) is 7.72. The van der Waals surface area contributed by atoms with E-state index in [9.17, 15) is 0 Å². The number of rotatable bonds is 7. The van der Waals surface area contributed by atoms with Crippen molar-refractivity contribution in [3.63, 3.8) is 0 Å². The van der Waals surface area contributed by atoms with Crippen LogP contribution in [0.4, 0.5) is 0 Å². The van der Waals surface area contributed by atoms with Gasteiger partial charge in [-0.15, -0.1) is 11.6 Å². The molecule has 0 radical (unpaired) electrons. The fourth-order valence-corrected chi connectivity index (χ4v) is 2.35. The molecule has 0 spiro atoms. The third kappa shape index (κ3) is 6.45. The van der Waals surface area contributed by atoms with Crippen molar-refractivity contribution < 1.29 is 0 Å². The first kappa shape index (κ1) is 15.3. The summed E-state index contributed by atoms with van der Waals surface area (Å²) in [5, 5.41) is 0. The zero-order chi connectivity index (χ0) is 11.9. The van der Waals surface area contributed by atoms with Crippen LogP contribution in [0.15, 0.2) is 0 Å². The molecule has 0 aromatic rings. The molecule has 0 aliphatic heterocycles. The van der Waals surface area contributed by atoms with E-state index in [1.807, 2.05) is 0 Å². The van der Waals surface area contributed by atoms with Gasteiger partial charge in [-0.2, -0.15) is 0 Å². The zero-order valence-corrected chi connectivity index (χ0v) is 12.1. The van der Waals surface area contributed by atoms with Gasteiger partial charge in [-0.1, -0.05) is 47.5 Å². The SMILES string of the molecule is CCCCC(CC)(CCl)CCC(C)(C)C. The van der Waals surface area contributed by atoms with E-state index >= 15 is 0 Å². The van der Waals surface area contributed by atoms with Crippen LogP contribution >= 0.6 is 11.6 Å². The smallest absolute Gasteiger partial charge is 0.0279 e. The molecule has 0 fully saturated rings. The Bertz CT molecular complexity index is 151. The van der Waals surface area contributed by atoms with Crippen LogP contribution in [-0.4, -0.2) is 5.88 Å². The highest BCUT2D eigenvalue weighted by Crippen LogP contribution is 2.38. The second-order valence-corrected chi connectivity index (χ2v) is 6.42. The maximum absolute atomic E-state index is 6.19. The molecule has 0 N–H and O–H groups in total. The normalized spacial score (nSPS) is 16.4. The predicted octanol–water partition coefficient (Wildman–Crippen LogP) is 5.64. The molecule has 0 aromatic heterocycles. The minimum atomic E-state index is 0.408. The largest absolute Gasteiger partial charge is 0.126 e. The fourth-order valence-electron chi connectivity index (χ4n) is 1.90. The molecule has 0 saturated carbocycles. The predicted molar refractivity (Wildman–Crippen MR) is 71.7 cm³/mol. The zero-order valence-electron chi connectivity index (χ0n) is 11.3. The van der Waals surface area contributed by atoms with Crippen molar-refractivity contribution in [2.24, 2.45) is 10.8 Å². The summed E-state index contributed by atoms with van der Waals surface area (Å²) < 4.78 is 0. The summed E-state index contributed by atoms with van der Waals surface area (Å²) in [4.78, 5) is 0. The van der Waals surface area contributed by atoms with E-state index in [-0.39, 0.29) is 0 Å². The van der Waals surface area contributed by atoms with Crippen LogP contribution < -0.4 is 0 Å². The quantitative estimate of drug-likeness (QED) is 0.499. The van der Waals surface area contributed by atoms with Gasteiger partial charge in [0.2, 0.25) is 0 Å². The van der Waals surface area contributed by atoms with Crippen molar-refractivity contribution in [1.29, 1.82) is 0 Å².